The summed E-state index contributed by atoms with van der Waals surface area (Å²) in [5.41, 5.74) is 2.48. The number of benzene rings is 1. The van der Waals surface area contributed by atoms with Gasteiger partial charge in [0.15, 0.2) is 0 Å². The highest BCUT2D eigenvalue weighted by molar-refractivity contribution is 7.99. The van der Waals surface area contributed by atoms with E-state index in [-0.39, 0.29) is 5.91 Å². The molecule has 5 nitrogen and oxygen atoms in total. The van der Waals surface area contributed by atoms with Crippen LogP contribution in [0.25, 0.3) is 0 Å². The standard InChI is InChI=1S/C15H19NO4S/c1-10(17)16-13(15(18)19)9-21-7-5-11-2-3-14-12(8-11)4-6-20-14/h2-3,8,13H,4-7,9H2,1H3,(H,16,17)(H,18,19). The van der Waals surface area contributed by atoms with Crippen molar-refractivity contribution in [2.24, 2.45) is 0 Å². The van der Waals surface area contributed by atoms with E-state index in [1.54, 1.807) is 0 Å². The topological polar surface area (TPSA) is 75.6 Å². The molecule has 1 aromatic rings. The molecule has 2 N–H and O–H groups in total. The molecule has 114 valence electrons. The summed E-state index contributed by atoms with van der Waals surface area (Å²) in [5.74, 6) is 0.864. The summed E-state index contributed by atoms with van der Waals surface area (Å²) in [7, 11) is 0. The Morgan fingerprint density at radius 3 is 3.00 bits per heavy atom. The summed E-state index contributed by atoms with van der Waals surface area (Å²) in [5, 5.41) is 11.4. The first kappa shape index (κ1) is 15.7. The molecular formula is C15H19NO4S. The van der Waals surface area contributed by atoms with Crippen LogP contribution in [0.3, 0.4) is 0 Å². The van der Waals surface area contributed by atoms with E-state index in [0.29, 0.717) is 5.75 Å². The number of hydrogen-bond donors (Lipinski definition) is 2. The molecule has 0 bridgehead atoms. The SMILES string of the molecule is CC(=O)NC(CSCCc1ccc2c(c1)CCO2)C(=O)O. The first-order valence-electron chi connectivity index (χ1n) is 6.88. The van der Waals surface area contributed by atoms with Gasteiger partial charge in [0.2, 0.25) is 5.91 Å². The zero-order valence-corrected chi connectivity index (χ0v) is 12.7. The van der Waals surface area contributed by atoms with Gasteiger partial charge in [0.05, 0.1) is 6.61 Å². The molecule has 0 fully saturated rings. The number of carboxylic acid groups (broad SMARTS) is 1. The Labute approximate surface area is 128 Å². The second-order valence-corrected chi connectivity index (χ2v) is 6.11. The average molecular weight is 309 g/mol. The van der Waals surface area contributed by atoms with Gasteiger partial charge in [-0.05, 0) is 29.4 Å². The highest BCUT2D eigenvalue weighted by atomic mass is 32.2. The van der Waals surface area contributed by atoms with Gasteiger partial charge in [-0.3, -0.25) is 4.79 Å². The van der Waals surface area contributed by atoms with Crippen LogP contribution in [-0.2, 0) is 22.4 Å². The van der Waals surface area contributed by atoms with Gasteiger partial charge in [-0.2, -0.15) is 11.8 Å². The fourth-order valence-electron chi connectivity index (χ4n) is 2.21. The molecule has 0 saturated heterocycles. The van der Waals surface area contributed by atoms with Crippen molar-refractivity contribution in [1.29, 1.82) is 0 Å². The lowest BCUT2D eigenvalue weighted by Crippen LogP contribution is -2.41. The van der Waals surface area contributed by atoms with E-state index in [1.807, 2.05) is 12.1 Å². The molecule has 0 aromatic heterocycles. The van der Waals surface area contributed by atoms with Crippen LogP contribution >= 0.6 is 11.8 Å². The molecule has 1 aromatic carbocycles. The zero-order chi connectivity index (χ0) is 15.2. The molecule has 1 amide bonds. The van der Waals surface area contributed by atoms with Gasteiger partial charge >= 0.3 is 5.97 Å². The Hall–Kier alpha value is -1.69. The van der Waals surface area contributed by atoms with Crippen LogP contribution in [0.2, 0.25) is 0 Å². The molecule has 1 atom stereocenters. The Balaban J connectivity index is 1.76. The quantitative estimate of drug-likeness (QED) is 0.746. The molecule has 1 heterocycles. The molecule has 0 aliphatic carbocycles. The van der Waals surface area contributed by atoms with Crippen LogP contribution in [-0.4, -0.2) is 41.1 Å². The second-order valence-electron chi connectivity index (χ2n) is 4.96. The van der Waals surface area contributed by atoms with E-state index in [9.17, 15) is 9.59 Å². The van der Waals surface area contributed by atoms with Crippen molar-refractivity contribution in [3.05, 3.63) is 29.3 Å². The number of nitrogens with one attached hydrogen (secondary N) is 1. The lowest BCUT2D eigenvalue weighted by molar-refractivity contribution is -0.140. The maximum Gasteiger partial charge on any atom is 0.327 e. The Morgan fingerprint density at radius 2 is 2.29 bits per heavy atom. The molecule has 6 heteroatoms. The first-order chi connectivity index (χ1) is 10.1. The van der Waals surface area contributed by atoms with Crippen molar-refractivity contribution in [1.82, 2.24) is 5.32 Å². The molecule has 1 aliphatic rings. The smallest absolute Gasteiger partial charge is 0.327 e. The Morgan fingerprint density at radius 1 is 1.48 bits per heavy atom. The van der Waals surface area contributed by atoms with Gasteiger partial charge in [0.25, 0.3) is 0 Å². The minimum Gasteiger partial charge on any atom is -0.493 e. The van der Waals surface area contributed by atoms with E-state index in [4.69, 9.17) is 9.84 Å². The third-order valence-electron chi connectivity index (χ3n) is 3.25. The number of thioether (sulfide) groups is 1. The van der Waals surface area contributed by atoms with Gasteiger partial charge < -0.3 is 15.2 Å². The summed E-state index contributed by atoms with van der Waals surface area (Å²) in [6.45, 7) is 2.08. The fourth-order valence-corrected chi connectivity index (χ4v) is 3.21. The van der Waals surface area contributed by atoms with Crippen molar-refractivity contribution in [2.75, 3.05) is 18.1 Å². The van der Waals surface area contributed by atoms with E-state index in [1.165, 1.54) is 29.8 Å². The summed E-state index contributed by atoms with van der Waals surface area (Å²) in [6.07, 6.45) is 1.84. The van der Waals surface area contributed by atoms with E-state index in [0.717, 1.165) is 31.0 Å². The largest absolute Gasteiger partial charge is 0.493 e. The summed E-state index contributed by atoms with van der Waals surface area (Å²) in [6, 6.07) is 5.39. The van der Waals surface area contributed by atoms with Crippen molar-refractivity contribution in [2.45, 2.75) is 25.8 Å². The van der Waals surface area contributed by atoms with E-state index >= 15 is 0 Å². The third kappa shape index (κ3) is 4.67. The predicted octanol–water partition coefficient (Wildman–Crippen LogP) is 1.49. The number of fused-ring (bicyclic) bond motifs is 1. The average Bonchev–Trinajstić information content (AvgIpc) is 2.89. The van der Waals surface area contributed by atoms with E-state index < -0.39 is 12.0 Å². The normalized spacial score (nSPS) is 14.1. The molecule has 1 unspecified atom stereocenters. The number of carbonyl (C=O) groups excluding carboxylic acids is 1. The zero-order valence-electron chi connectivity index (χ0n) is 11.9. The number of aryl methyl sites for hydroxylation is 1. The number of carbonyl (C=O) groups is 2. The van der Waals surface area contributed by atoms with Crippen LogP contribution in [0, 0.1) is 0 Å². The molecule has 0 spiro atoms. The molecule has 21 heavy (non-hydrogen) atoms. The molecule has 0 radical (unpaired) electrons. The van der Waals surface area contributed by atoms with Gasteiger partial charge in [-0.15, -0.1) is 0 Å². The minimum atomic E-state index is -0.993. The summed E-state index contributed by atoms with van der Waals surface area (Å²) < 4.78 is 5.46. The van der Waals surface area contributed by atoms with Crippen molar-refractivity contribution in [3.63, 3.8) is 0 Å². The molecular weight excluding hydrogens is 290 g/mol. The number of hydrogen-bond acceptors (Lipinski definition) is 4. The van der Waals surface area contributed by atoms with E-state index in [2.05, 4.69) is 11.4 Å². The van der Waals surface area contributed by atoms with Crippen molar-refractivity contribution >= 4 is 23.6 Å². The number of amides is 1. The third-order valence-corrected chi connectivity index (χ3v) is 4.31. The van der Waals surface area contributed by atoms with Crippen LogP contribution in [0.1, 0.15) is 18.1 Å². The first-order valence-corrected chi connectivity index (χ1v) is 8.04. The monoisotopic (exact) mass is 309 g/mol. The highest BCUT2D eigenvalue weighted by Gasteiger charge is 2.18. The maximum atomic E-state index is 11.0. The molecule has 0 saturated carbocycles. The van der Waals surface area contributed by atoms with Crippen molar-refractivity contribution < 1.29 is 19.4 Å². The highest BCUT2D eigenvalue weighted by Crippen LogP contribution is 2.26. The molecule has 1 aliphatic heterocycles. The fraction of sp³-hybridized carbons (Fsp3) is 0.467. The van der Waals surface area contributed by atoms with Gasteiger partial charge in [-0.1, -0.05) is 12.1 Å². The second kappa shape index (κ2) is 7.36. The number of rotatable bonds is 7. The van der Waals surface area contributed by atoms with Gasteiger partial charge in [0, 0.05) is 19.1 Å². The Bertz CT molecular complexity index is 532. The predicted molar refractivity (Wildman–Crippen MR) is 81.9 cm³/mol. The summed E-state index contributed by atoms with van der Waals surface area (Å²) in [4.78, 5) is 21.9. The van der Waals surface area contributed by atoms with Gasteiger partial charge in [0.1, 0.15) is 11.8 Å². The minimum absolute atomic E-state index is 0.318. The summed E-state index contributed by atoms with van der Waals surface area (Å²) >= 11 is 1.53. The van der Waals surface area contributed by atoms with Crippen LogP contribution in [0.15, 0.2) is 18.2 Å². The van der Waals surface area contributed by atoms with Crippen LogP contribution in [0.4, 0.5) is 0 Å². The van der Waals surface area contributed by atoms with Crippen molar-refractivity contribution in [3.8, 4) is 5.75 Å². The van der Waals surface area contributed by atoms with Gasteiger partial charge in [-0.25, -0.2) is 4.79 Å². The van der Waals surface area contributed by atoms with Crippen LogP contribution < -0.4 is 10.1 Å². The number of carboxylic acids is 1. The lowest BCUT2D eigenvalue weighted by Gasteiger charge is -2.12. The number of ether oxygens (including phenoxy) is 1. The number of aliphatic carboxylic acids is 1. The van der Waals surface area contributed by atoms with Crippen LogP contribution in [0.5, 0.6) is 5.75 Å². The maximum absolute atomic E-state index is 11.0. The Kier molecular flexibility index (Phi) is 5.50. The molecule has 2 rings (SSSR count). The lowest BCUT2D eigenvalue weighted by atomic mass is 10.1.